The molecule has 1 atom stereocenters. The highest BCUT2D eigenvalue weighted by atomic mass is 16.2. The molecule has 5 rings (SSSR count). The summed E-state index contributed by atoms with van der Waals surface area (Å²) in [4.78, 5) is 32.4. The number of aromatic amines is 1. The molecule has 7 heteroatoms. The van der Waals surface area contributed by atoms with Crippen LogP contribution in [0.2, 0.25) is 0 Å². The first-order chi connectivity index (χ1) is 15.6. The first-order valence-corrected chi connectivity index (χ1v) is 10.6. The molecule has 1 saturated carbocycles. The van der Waals surface area contributed by atoms with Gasteiger partial charge in [-0.05, 0) is 60.5 Å². The molecular weight excluding hydrogens is 390 g/mol. The molecule has 0 bridgehead atoms. The predicted molar refractivity (Wildman–Crippen MR) is 120 cm³/mol. The Morgan fingerprint density at radius 1 is 1.23 bits per heavy atom. The van der Waals surface area contributed by atoms with E-state index in [2.05, 4.69) is 20.6 Å². The largest absolute Gasteiger partial charge is 0.357 e. The Morgan fingerprint density at radius 3 is 2.97 bits per heavy atom. The monoisotopic (exact) mass is 416 g/mol. The Balaban J connectivity index is 1.26. The maximum absolute atomic E-state index is 12.6. The van der Waals surface area contributed by atoms with Gasteiger partial charge in [0.15, 0.2) is 0 Å². The quantitative estimate of drug-likeness (QED) is 0.432. The van der Waals surface area contributed by atoms with Crippen LogP contribution in [0.15, 0.2) is 59.5 Å². The molecule has 4 aromatic rings. The molecule has 0 radical (unpaired) electrons. The topological polar surface area (TPSA) is 91.3 Å². The van der Waals surface area contributed by atoms with Crippen molar-refractivity contribution in [3.05, 3.63) is 82.0 Å². The second-order valence-electron chi connectivity index (χ2n) is 8.09. The summed E-state index contributed by atoms with van der Waals surface area (Å²) in [5, 5.41) is 7.16. The third kappa shape index (κ3) is 4.22. The summed E-state index contributed by atoms with van der Waals surface area (Å²) in [7, 11) is 0. The van der Waals surface area contributed by atoms with Crippen LogP contribution in [0.4, 0.5) is 0 Å². The number of H-pyrrole nitrogens is 1. The Morgan fingerprint density at radius 2 is 2.13 bits per heavy atom. The van der Waals surface area contributed by atoms with Gasteiger partial charge >= 0.3 is 0 Å². The van der Waals surface area contributed by atoms with Crippen molar-refractivity contribution in [1.82, 2.24) is 25.0 Å². The molecule has 0 spiro atoms. The number of rotatable bonds is 7. The van der Waals surface area contributed by atoms with Crippen LogP contribution in [0.25, 0.3) is 16.6 Å². The van der Waals surface area contributed by atoms with Crippen molar-refractivity contribution >= 4 is 22.5 Å². The third-order valence-corrected chi connectivity index (χ3v) is 5.85. The predicted octanol–water partition coefficient (Wildman–Crippen LogP) is 3.00. The van der Waals surface area contributed by atoms with E-state index in [9.17, 15) is 9.59 Å². The van der Waals surface area contributed by atoms with Crippen LogP contribution in [0, 0.1) is 5.92 Å². The van der Waals surface area contributed by atoms with Crippen LogP contribution in [-0.4, -0.2) is 26.8 Å². The number of hydrogen-bond donors (Lipinski definition) is 3. The minimum absolute atomic E-state index is 0.0963. The van der Waals surface area contributed by atoms with Crippen LogP contribution in [0.5, 0.6) is 0 Å². The number of nitrogens with zero attached hydrogens (tertiary/aromatic N) is 2. The number of benzene rings is 1. The number of nitrogens with one attached hydrogen (secondary N) is 3. The van der Waals surface area contributed by atoms with Gasteiger partial charge < -0.3 is 15.6 Å². The summed E-state index contributed by atoms with van der Waals surface area (Å²) < 4.78 is 9.76. The zero-order valence-corrected chi connectivity index (χ0v) is 17.1. The molecule has 31 heavy (non-hydrogen) atoms. The molecule has 0 saturated heterocycles. The molecule has 7 nitrogen and oxygen atoms in total. The zero-order valence-electron chi connectivity index (χ0n) is 18.1. The molecule has 1 aliphatic carbocycles. The van der Waals surface area contributed by atoms with E-state index in [0.717, 1.165) is 28.7 Å². The Kier molecular flexibility index (Phi) is 4.94. The summed E-state index contributed by atoms with van der Waals surface area (Å²) in [6.07, 6.45) is 5.43. The lowest BCUT2D eigenvalue weighted by atomic mass is 9.85. The van der Waals surface area contributed by atoms with Gasteiger partial charge in [0.1, 0.15) is 11.3 Å². The molecule has 3 aromatic heterocycles. The third-order valence-electron chi connectivity index (χ3n) is 5.85. The van der Waals surface area contributed by atoms with E-state index >= 15 is 0 Å². The Hall–Kier alpha value is -3.45. The van der Waals surface area contributed by atoms with Gasteiger partial charge in [-0.25, -0.2) is 4.98 Å². The Bertz CT molecular complexity index is 1340. The lowest BCUT2D eigenvalue weighted by molar-refractivity contribution is 0.0946. The van der Waals surface area contributed by atoms with Crippen molar-refractivity contribution in [3.8, 4) is 0 Å². The first-order valence-electron chi connectivity index (χ1n) is 11.2. The van der Waals surface area contributed by atoms with Gasteiger partial charge in [-0.15, -0.1) is 0 Å². The average molecular weight is 417 g/mol. The maximum atomic E-state index is 12.6. The maximum Gasteiger partial charge on any atom is 0.270 e. The second-order valence-corrected chi connectivity index (χ2v) is 8.09. The van der Waals surface area contributed by atoms with Gasteiger partial charge in [0.25, 0.3) is 11.5 Å². The van der Waals surface area contributed by atoms with E-state index in [1.54, 1.807) is 24.4 Å². The summed E-state index contributed by atoms with van der Waals surface area (Å²) in [6, 6.07) is 14.3. The van der Waals surface area contributed by atoms with Crippen LogP contribution in [-0.2, 0) is 13.1 Å². The van der Waals surface area contributed by atoms with Gasteiger partial charge in [-0.3, -0.25) is 14.0 Å². The van der Waals surface area contributed by atoms with Gasteiger partial charge in [-0.2, -0.15) is 0 Å². The minimum Gasteiger partial charge on any atom is -0.357 e. The van der Waals surface area contributed by atoms with E-state index in [1.807, 2.05) is 24.3 Å². The summed E-state index contributed by atoms with van der Waals surface area (Å²) in [5.74, 6) is 0.308. The van der Waals surface area contributed by atoms with E-state index in [0.29, 0.717) is 18.1 Å². The summed E-state index contributed by atoms with van der Waals surface area (Å²) >= 11 is 0. The van der Waals surface area contributed by atoms with Gasteiger partial charge in [0.2, 0.25) is 0 Å². The number of carbonyl (C=O) groups is 1. The highest BCUT2D eigenvalue weighted by molar-refractivity contribution is 5.92. The zero-order chi connectivity index (χ0) is 22.1. The number of amides is 1. The lowest BCUT2D eigenvalue weighted by Crippen LogP contribution is -2.27. The average Bonchev–Trinajstić information content (AvgIpc) is 3.20. The highest BCUT2D eigenvalue weighted by Crippen LogP contribution is 2.25. The number of carbonyl (C=O) groups excluding carboxylic acids is 1. The lowest BCUT2D eigenvalue weighted by Gasteiger charge is -2.25. The SMILES string of the molecule is [2H]C(NCC1CCC1)c1cc2ccc(CNC(=O)c3cc(=O)n4ccccc4n3)cc2[nH]1. The Labute approximate surface area is 180 Å². The van der Waals surface area contributed by atoms with Crippen molar-refractivity contribution in [1.29, 1.82) is 0 Å². The number of aromatic nitrogens is 3. The normalized spacial score (nSPS) is 15.5. The van der Waals surface area contributed by atoms with Gasteiger partial charge in [-0.1, -0.05) is 24.6 Å². The molecule has 3 heterocycles. The van der Waals surface area contributed by atoms with Crippen LogP contribution in [0.1, 0.15) is 42.4 Å². The van der Waals surface area contributed by atoms with Crippen LogP contribution in [0.3, 0.4) is 0 Å². The van der Waals surface area contributed by atoms with E-state index in [1.165, 1.54) is 29.7 Å². The number of pyridine rings is 1. The van der Waals surface area contributed by atoms with E-state index < -0.39 is 12.4 Å². The fourth-order valence-corrected chi connectivity index (χ4v) is 3.86. The highest BCUT2D eigenvalue weighted by Gasteiger charge is 2.16. The molecule has 1 aromatic carbocycles. The smallest absolute Gasteiger partial charge is 0.270 e. The molecule has 1 fully saturated rings. The van der Waals surface area contributed by atoms with Crippen molar-refractivity contribution in [2.24, 2.45) is 5.92 Å². The second kappa shape index (κ2) is 8.35. The van der Waals surface area contributed by atoms with Crippen molar-refractivity contribution in [2.75, 3.05) is 6.54 Å². The fourth-order valence-electron chi connectivity index (χ4n) is 3.86. The van der Waals surface area contributed by atoms with E-state index in [4.69, 9.17) is 1.37 Å². The van der Waals surface area contributed by atoms with Crippen molar-refractivity contribution < 1.29 is 6.17 Å². The standard InChI is InChI=1S/C24H25N5O2/c30-23-12-21(28-22-6-1-2-9-29(22)23)24(31)26-14-17-7-8-18-11-19(27-20(18)10-17)15-25-13-16-4-3-5-16/h1-2,6-12,16,25,27H,3-5,13-15H2,(H,26,31)/i15D. The fraction of sp³-hybridized carbons (Fsp3) is 0.292. The molecule has 0 aliphatic heterocycles. The summed E-state index contributed by atoms with van der Waals surface area (Å²) in [5.41, 5.74) is 2.91. The summed E-state index contributed by atoms with van der Waals surface area (Å²) in [6.45, 7) is 0.709. The minimum atomic E-state index is -0.482. The van der Waals surface area contributed by atoms with Gasteiger partial charge in [0.05, 0.1) is 0 Å². The van der Waals surface area contributed by atoms with E-state index in [-0.39, 0.29) is 11.3 Å². The molecule has 158 valence electrons. The number of fused-ring (bicyclic) bond motifs is 2. The molecular formula is C24H25N5O2. The molecule has 1 amide bonds. The van der Waals surface area contributed by atoms with Crippen LogP contribution >= 0.6 is 0 Å². The van der Waals surface area contributed by atoms with Crippen molar-refractivity contribution in [2.45, 2.75) is 32.3 Å². The molecule has 1 aliphatic rings. The van der Waals surface area contributed by atoms with Crippen LogP contribution < -0.4 is 16.2 Å². The number of hydrogen-bond acceptors (Lipinski definition) is 4. The molecule has 3 N–H and O–H groups in total. The molecule has 1 unspecified atom stereocenters. The van der Waals surface area contributed by atoms with Gasteiger partial charge in [0, 0.05) is 37.9 Å². The first kappa shape index (κ1) is 18.3. The van der Waals surface area contributed by atoms with Crippen molar-refractivity contribution in [3.63, 3.8) is 0 Å².